The van der Waals surface area contributed by atoms with Crippen LogP contribution < -0.4 is 9.80 Å². The first-order valence-electron chi connectivity index (χ1n) is 8.80. The van der Waals surface area contributed by atoms with E-state index >= 15 is 0 Å². The third-order valence-electron chi connectivity index (χ3n) is 5.52. The maximum atomic E-state index is 11.6. The van der Waals surface area contributed by atoms with Crippen LogP contribution in [0.2, 0.25) is 0 Å². The van der Waals surface area contributed by atoms with Crippen LogP contribution in [-0.2, 0) is 10.2 Å². The molecule has 1 N–H and O–H groups in total. The van der Waals surface area contributed by atoms with Crippen molar-refractivity contribution in [2.75, 3.05) is 36.0 Å². The van der Waals surface area contributed by atoms with Crippen molar-refractivity contribution in [3.63, 3.8) is 0 Å². The minimum absolute atomic E-state index is 0.651. The molecule has 0 radical (unpaired) electrons. The largest absolute Gasteiger partial charge is 0.481 e. The number of carboxylic acids is 1. The highest BCUT2D eigenvalue weighted by Gasteiger charge is 2.45. The zero-order chi connectivity index (χ0) is 17.3. The zero-order valence-corrected chi connectivity index (χ0v) is 14.1. The van der Waals surface area contributed by atoms with Crippen molar-refractivity contribution in [1.82, 2.24) is 9.97 Å². The summed E-state index contributed by atoms with van der Waals surface area (Å²) in [5.41, 5.74) is 1.44. The molecule has 0 unspecified atom stereocenters. The molecule has 0 bridgehead atoms. The quantitative estimate of drug-likeness (QED) is 0.922. The van der Waals surface area contributed by atoms with Gasteiger partial charge in [-0.05, 0) is 36.6 Å². The lowest BCUT2D eigenvalue weighted by molar-refractivity contribution is -0.147. The Morgan fingerprint density at radius 2 is 1.56 bits per heavy atom. The molecule has 2 aromatic rings. The number of carboxylic acid groups (broad SMARTS) is 1. The van der Waals surface area contributed by atoms with Gasteiger partial charge in [0.05, 0.1) is 5.41 Å². The number of anilines is 2. The number of hydrogen-bond acceptors (Lipinski definition) is 5. The lowest BCUT2D eigenvalue weighted by atomic mass is 9.64. The van der Waals surface area contributed by atoms with Crippen molar-refractivity contribution in [2.24, 2.45) is 0 Å². The highest BCUT2D eigenvalue weighted by molar-refractivity contribution is 5.82. The Morgan fingerprint density at radius 3 is 2.08 bits per heavy atom. The van der Waals surface area contributed by atoms with Gasteiger partial charge >= 0.3 is 5.97 Å². The number of aromatic nitrogens is 2. The molecule has 2 heterocycles. The van der Waals surface area contributed by atoms with E-state index < -0.39 is 11.4 Å². The summed E-state index contributed by atoms with van der Waals surface area (Å²) in [6.45, 7) is 3.57. The minimum atomic E-state index is -0.692. The fraction of sp³-hybridized carbons (Fsp3) is 0.421. The number of rotatable bonds is 4. The van der Waals surface area contributed by atoms with Crippen molar-refractivity contribution >= 4 is 17.6 Å². The van der Waals surface area contributed by atoms with Crippen LogP contribution in [0.4, 0.5) is 11.6 Å². The summed E-state index contributed by atoms with van der Waals surface area (Å²) in [6, 6.07) is 9.94. The third-order valence-corrected chi connectivity index (χ3v) is 5.52. The standard InChI is InChI=1S/C19H22N4O2/c24-17(25)19(7-1-8-19)15-3-5-16(6-4-15)22-11-13-23(14-12-22)18-20-9-2-10-21-18/h2-6,9-10H,1,7-8,11-14H2,(H,24,25). The molecule has 6 heteroatoms. The Hall–Kier alpha value is -2.63. The summed E-state index contributed by atoms with van der Waals surface area (Å²) in [5.74, 6) is 0.0915. The van der Waals surface area contributed by atoms with Crippen molar-refractivity contribution in [2.45, 2.75) is 24.7 Å². The van der Waals surface area contributed by atoms with Gasteiger partial charge in [0.15, 0.2) is 0 Å². The lowest BCUT2D eigenvalue weighted by Gasteiger charge is -2.39. The van der Waals surface area contributed by atoms with Gasteiger partial charge in [-0.15, -0.1) is 0 Å². The normalized spacial score (nSPS) is 19.4. The molecule has 1 aromatic heterocycles. The van der Waals surface area contributed by atoms with Crippen LogP contribution in [0.1, 0.15) is 24.8 Å². The first-order chi connectivity index (χ1) is 12.2. The second-order valence-corrected chi connectivity index (χ2v) is 6.81. The molecule has 0 spiro atoms. The second-order valence-electron chi connectivity index (χ2n) is 6.81. The summed E-state index contributed by atoms with van der Waals surface area (Å²) < 4.78 is 0. The predicted octanol–water partition coefficient (Wildman–Crippen LogP) is 2.31. The molecule has 0 atom stereocenters. The molecule has 1 saturated heterocycles. The first kappa shape index (κ1) is 15.9. The van der Waals surface area contributed by atoms with Gasteiger partial charge in [0, 0.05) is 44.3 Å². The Balaban J connectivity index is 1.43. The van der Waals surface area contributed by atoms with Crippen LogP contribution in [0.25, 0.3) is 0 Å². The molecule has 6 nitrogen and oxygen atoms in total. The molecular weight excluding hydrogens is 316 g/mol. The summed E-state index contributed by atoms with van der Waals surface area (Å²) in [6.07, 6.45) is 6.03. The molecular formula is C19H22N4O2. The SMILES string of the molecule is O=C(O)C1(c2ccc(N3CCN(c4ncccn4)CC3)cc2)CCC1. The van der Waals surface area contributed by atoms with Crippen LogP contribution in [0.5, 0.6) is 0 Å². The Kier molecular flexibility index (Phi) is 4.03. The molecule has 0 amide bonds. The van der Waals surface area contributed by atoms with Crippen LogP contribution >= 0.6 is 0 Å². The topological polar surface area (TPSA) is 69.6 Å². The van der Waals surface area contributed by atoms with E-state index in [1.807, 2.05) is 18.2 Å². The maximum Gasteiger partial charge on any atom is 0.314 e. The van der Waals surface area contributed by atoms with Crippen LogP contribution in [0.15, 0.2) is 42.7 Å². The van der Waals surface area contributed by atoms with Gasteiger partial charge in [0.1, 0.15) is 0 Å². The van der Waals surface area contributed by atoms with Crippen molar-refractivity contribution in [3.8, 4) is 0 Å². The first-order valence-corrected chi connectivity index (χ1v) is 8.80. The van der Waals surface area contributed by atoms with Gasteiger partial charge < -0.3 is 14.9 Å². The number of hydrogen-bond donors (Lipinski definition) is 1. The van der Waals surface area contributed by atoms with Gasteiger partial charge in [-0.25, -0.2) is 9.97 Å². The van der Waals surface area contributed by atoms with Crippen molar-refractivity contribution in [3.05, 3.63) is 48.3 Å². The van der Waals surface area contributed by atoms with Crippen LogP contribution in [-0.4, -0.2) is 47.2 Å². The molecule has 4 rings (SSSR count). The molecule has 130 valence electrons. The molecule has 1 aromatic carbocycles. The lowest BCUT2D eigenvalue weighted by Crippen LogP contribution is -2.47. The van der Waals surface area contributed by atoms with E-state index in [2.05, 4.69) is 31.9 Å². The van der Waals surface area contributed by atoms with Crippen molar-refractivity contribution in [1.29, 1.82) is 0 Å². The molecule has 1 aliphatic heterocycles. The average Bonchev–Trinajstić information content (AvgIpc) is 2.62. The second kappa shape index (κ2) is 6.35. The van der Waals surface area contributed by atoms with E-state index in [1.54, 1.807) is 12.4 Å². The minimum Gasteiger partial charge on any atom is -0.481 e. The highest BCUT2D eigenvalue weighted by Crippen LogP contribution is 2.44. The third kappa shape index (κ3) is 2.81. The number of aliphatic carboxylic acids is 1. The van der Waals surface area contributed by atoms with E-state index in [0.717, 1.165) is 62.6 Å². The average molecular weight is 338 g/mol. The van der Waals surface area contributed by atoms with Crippen molar-refractivity contribution < 1.29 is 9.90 Å². The monoisotopic (exact) mass is 338 g/mol. The van der Waals surface area contributed by atoms with Gasteiger partial charge in [-0.1, -0.05) is 18.6 Å². The fourth-order valence-corrected chi connectivity index (χ4v) is 3.77. The number of piperazine rings is 1. The Morgan fingerprint density at radius 1 is 0.960 bits per heavy atom. The highest BCUT2D eigenvalue weighted by atomic mass is 16.4. The number of carbonyl (C=O) groups is 1. The van der Waals surface area contributed by atoms with Crippen LogP contribution in [0, 0.1) is 0 Å². The molecule has 1 saturated carbocycles. The molecule has 2 fully saturated rings. The van der Waals surface area contributed by atoms with Crippen LogP contribution in [0.3, 0.4) is 0 Å². The zero-order valence-electron chi connectivity index (χ0n) is 14.1. The Labute approximate surface area is 147 Å². The van der Waals surface area contributed by atoms with E-state index in [9.17, 15) is 9.90 Å². The summed E-state index contributed by atoms with van der Waals surface area (Å²) in [7, 11) is 0. The van der Waals surface area contributed by atoms with E-state index in [1.165, 1.54) is 0 Å². The number of benzene rings is 1. The van der Waals surface area contributed by atoms with Gasteiger partial charge in [-0.3, -0.25) is 4.79 Å². The van der Waals surface area contributed by atoms with Gasteiger partial charge in [-0.2, -0.15) is 0 Å². The van der Waals surface area contributed by atoms with Gasteiger partial charge in [0.2, 0.25) is 5.95 Å². The predicted molar refractivity (Wildman–Crippen MR) is 96.1 cm³/mol. The summed E-state index contributed by atoms with van der Waals surface area (Å²) >= 11 is 0. The number of nitrogens with zero attached hydrogens (tertiary/aromatic N) is 4. The smallest absolute Gasteiger partial charge is 0.314 e. The fourth-order valence-electron chi connectivity index (χ4n) is 3.77. The summed E-state index contributed by atoms with van der Waals surface area (Å²) in [4.78, 5) is 24.8. The van der Waals surface area contributed by atoms with Gasteiger partial charge in [0.25, 0.3) is 0 Å². The van der Waals surface area contributed by atoms with E-state index in [4.69, 9.17) is 0 Å². The summed E-state index contributed by atoms with van der Waals surface area (Å²) in [5, 5.41) is 9.56. The molecule has 25 heavy (non-hydrogen) atoms. The molecule has 1 aliphatic carbocycles. The van der Waals surface area contributed by atoms with E-state index in [-0.39, 0.29) is 0 Å². The molecule has 2 aliphatic rings. The maximum absolute atomic E-state index is 11.6. The Bertz CT molecular complexity index is 736. The van der Waals surface area contributed by atoms with E-state index in [0.29, 0.717) is 0 Å².